The minimum Gasteiger partial charge on any atom is -0.383 e. The summed E-state index contributed by atoms with van der Waals surface area (Å²) in [6.07, 6.45) is 2.06. The van der Waals surface area contributed by atoms with Crippen molar-refractivity contribution in [2.75, 3.05) is 20.3 Å². The normalized spacial score (nSPS) is 16.9. The number of methoxy groups -OCH3 is 1. The molecule has 1 fully saturated rings. The van der Waals surface area contributed by atoms with Gasteiger partial charge < -0.3 is 15.0 Å². The molecule has 1 atom stereocenters. The fourth-order valence-corrected chi connectivity index (χ4v) is 3.68. The average molecular weight is 356 g/mol. The monoisotopic (exact) mass is 356 g/mol. The van der Waals surface area contributed by atoms with Crippen molar-refractivity contribution in [3.05, 3.63) is 52.8 Å². The first kappa shape index (κ1) is 18.5. The number of aryl methyl sites for hydroxylation is 1. The molecule has 26 heavy (non-hydrogen) atoms. The Balaban J connectivity index is 1.64. The Hall–Kier alpha value is -2.34. The number of hydrogen-bond acceptors (Lipinski definition) is 3. The van der Waals surface area contributed by atoms with E-state index in [-0.39, 0.29) is 12.1 Å². The van der Waals surface area contributed by atoms with E-state index in [1.165, 1.54) is 5.56 Å². The molecule has 0 saturated carbocycles. The molecule has 0 radical (unpaired) electrons. The molecule has 2 aromatic rings. The van der Waals surface area contributed by atoms with Crippen LogP contribution < -0.4 is 5.32 Å². The number of hydrogen-bond donors (Lipinski definition) is 1. The Morgan fingerprint density at radius 2 is 2.08 bits per heavy atom. The number of carbonyl (C=O) groups excluding carboxylic acids is 1. The zero-order chi connectivity index (χ0) is 18.5. The molecular formula is C20H28N4O2. The van der Waals surface area contributed by atoms with Crippen molar-refractivity contribution in [1.82, 2.24) is 20.0 Å². The van der Waals surface area contributed by atoms with Crippen molar-refractivity contribution >= 4 is 6.03 Å². The first-order valence-electron chi connectivity index (χ1n) is 9.23. The van der Waals surface area contributed by atoms with E-state index >= 15 is 0 Å². The van der Waals surface area contributed by atoms with Gasteiger partial charge in [-0.2, -0.15) is 5.10 Å². The van der Waals surface area contributed by atoms with Crippen LogP contribution in [0.15, 0.2) is 30.3 Å². The van der Waals surface area contributed by atoms with Crippen LogP contribution in [0, 0.1) is 13.8 Å². The number of carbonyl (C=O) groups is 1. The smallest absolute Gasteiger partial charge is 0.318 e. The number of amides is 2. The summed E-state index contributed by atoms with van der Waals surface area (Å²) in [5, 5.41) is 7.65. The molecule has 6 nitrogen and oxygen atoms in total. The minimum atomic E-state index is -0.000190. The van der Waals surface area contributed by atoms with Crippen molar-refractivity contribution in [2.24, 2.45) is 0 Å². The number of urea groups is 1. The summed E-state index contributed by atoms with van der Waals surface area (Å²) >= 11 is 0. The Morgan fingerprint density at radius 1 is 1.31 bits per heavy atom. The predicted octanol–water partition coefficient (Wildman–Crippen LogP) is 3.19. The number of rotatable bonds is 6. The van der Waals surface area contributed by atoms with E-state index in [9.17, 15) is 4.79 Å². The van der Waals surface area contributed by atoms with Gasteiger partial charge >= 0.3 is 6.03 Å². The Kier molecular flexibility index (Phi) is 5.93. The third-order valence-electron chi connectivity index (χ3n) is 5.15. The van der Waals surface area contributed by atoms with Crippen LogP contribution in [0.25, 0.3) is 0 Å². The number of aromatic nitrogens is 2. The van der Waals surface area contributed by atoms with Crippen LogP contribution in [-0.2, 0) is 17.8 Å². The quantitative estimate of drug-likeness (QED) is 0.865. The van der Waals surface area contributed by atoms with Crippen LogP contribution in [0.2, 0.25) is 0 Å². The Bertz CT molecular complexity index is 742. The number of ether oxygens (including phenoxy) is 1. The second-order valence-corrected chi connectivity index (χ2v) is 6.79. The van der Waals surface area contributed by atoms with E-state index < -0.39 is 0 Å². The molecular weight excluding hydrogens is 328 g/mol. The van der Waals surface area contributed by atoms with Gasteiger partial charge in [-0.3, -0.25) is 4.68 Å². The summed E-state index contributed by atoms with van der Waals surface area (Å²) in [7, 11) is 1.69. The average Bonchev–Trinajstić information content (AvgIpc) is 3.24. The predicted molar refractivity (Wildman–Crippen MR) is 101 cm³/mol. The van der Waals surface area contributed by atoms with Gasteiger partial charge in [-0.15, -0.1) is 0 Å². The molecule has 2 amide bonds. The van der Waals surface area contributed by atoms with Crippen LogP contribution in [0.1, 0.15) is 41.4 Å². The molecule has 1 aromatic heterocycles. The number of likely N-dealkylation sites (tertiary alicyclic amines) is 1. The lowest BCUT2D eigenvalue weighted by Gasteiger charge is -2.25. The van der Waals surface area contributed by atoms with Gasteiger partial charge in [0.1, 0.15) is 0 Å². The van der Waals surface area contributed by atoms with Crippen molar-refractivity contribution in [3.8, 4) is 0 Å². The van der Waals surface area contributed by atoms with Gasteiger partial charge in [-0.05, 0) is 32.3 Å². The fraction of sp³-hybridized carbons (Fsp3) is 0.500. The van der Waals surface area contributed by atoms with E-state index in [2.05, 4.69) is 22.5 Å². The first-order valence-corrected chi connectivity index (χ1v) is 9.23. The minimum absolute atomic E-state index is 0.000190. The van der Waals surface area contributed by atoms with Gasteiger partial charge in [0.05, 0.1) is 24.9 Å². The van der Waals surface area contributed by atoms with Gasteiger partial charge in [0, 0.05) is 31.5 Å². The van der Waals surface area contributed by atoms with Crippen molar-refractivity contribution in [1.29, 1.82) is 0 Å². The standard InChI is InChI=1S/C20H28N4O2/c1-15-18(16(2)24(22-15)12-13-26-3)14-21-20(25)23-11-7-10-19(23)17-8-5-4-6-9-17/h4-6,8-9,19H,7,10-14H2,1-3H3,(H,21,25). The summed E-state index contributed by atoms with van der Waals surface area (Å²) < 4.78 is 7.08. The maximum Gasteiger partial charge on any atom is 0.318 e. The summed E-state index contributed by atoms with van der Waals surface area (Å²) in [5.41, 5.74) is 4.34. The molecule has 1 unspecified atom stereocenters. The molecule has 0 spiro atoms. The molecule has 0 aliphatic carbocycles. The first-order chi connectivity index (χ1) is 12.6. The van der Waals surface area contributed by atoms with Gasteiger partial charge in [0.2, 0.25) is 0 Å². The highest BCUT2D eigenvalue weighted by atomic mass is 16.5. The zero-order valence-electron chi connectivity index (χ0n) is 15.9. The molecule has 6 heteroatoms. The maximum atomic E-state index is 12.8. The van der Waals surface area contributed by atoms with E-state index in [1.807, 2.05) is 41.6 Å². The lowest BCUT2D eigenvalue weighted by molar-refractivity contribution is 0.182. The van der Waals surface area contributed by atoms with Crippen molar-refractivity contribution < 1.29 is 9.53 Å². The van der Waals surface area contributed by atoms with E-state index in [4.69, 9.17) is 4.74 Å². The molecule has 3 rings (SSSR count). The van der Waals surface area contributed by atoms with Gasteiger partial charge in [0.25, 0.3) is 0 Å². The molecule has 1 aliphatic rings. The number of benzene rings is 1. The maximum absolute atomic E-state index is 12.8. The lowest BCUT2D eigenvalue weighted by atomic mass is 10.1. The van der Waals surface area contributed by atoms with E-state index in [0.717, 1.165) is 42.9 Å². The summed E-state index contributed by atoms with van der Waals surface area (Å²) in [6.45, 7) is 6.68. The third-order valence-corrected chi connectivity index (χ3v) is 5.15. The third kappa shape index (κ3) is 3.90. The van der Waals surface area contributed by atoms with Crippen molar-refractivity contribution in [3.63, 3.8) is 0 Å². The van der Waals surface area contributed by atoms with Crippen LogP contribution >= 0.6 is 0 Å². The summed E-state index contributed by atoms with van der Waals surface area (Å²) in [4.78, 5) is 14.7. The molecule has 1 N–H and O–H groups in total. The van der Waals surface area contributed by atoms with E-state index in [1.54, 1.807) is 7.11 Å². The fourth-order valence-electron chi connectivity index (χ4n) is 3.68. The van der Waals surface area contributed by atoms with Crippen molar-refractivity contribution in [2.45, 2.75) is 45.8 Å². The lowest BCUT2D eigenvalue weighted by Crippen LogP contribution is -2.39. The molecule has 1 aliphatic heterocycles. The highest BCUT2D eigenvalue weighted by Gasteiger charge is 2.29. The molecule has 2 heterocycles. The molecule has 1 saturated heterocycles. The Morgan fingerprint density at radius 3 is 2.81 bits per heavy atom. The molecule has 140 valence electrons. The van der Waals surface area contributed by atoms with E-state index in [0.29, 0.717) is 13.2 Å². The summed E-state index contributed by atoms with van der Waals surface area (Å²) in [5.74, 6) is 0. The van der Waals surface area contributed by atoms with Gasteiger partial charge in [0.15, 0.2) is 0 Å². The van der Waals surface area contributed by atoms with Crippen LogP contribution in [0.3, 0.4) is 0 Å². The van der Waals surface area contributed by atoms with Crippen LogP contribution in [0.5, 0.6) is 0 Å². The van der Waals surface area contributed by atoms with Gasteiger partial charge in [-0.1, -0.05) is 30.3 Å². The van der Waals surface area contributed by atoms with Crippen LogP contribution in [0.4, 0.5) is 4.79 Å². The second-order valence-electron chi connectivity index (χ2n) is 6.79. The molecule has 0 bridgehead atoms. The Labute approximate surface area is 155 Å². The second kappa shape index (κ2) is 8.36. The zero-order valence-corrected chi connectivity index (χ0v) is 15.9. The van der Waals surface area contributed by atoms with Crippen LogP contribution in [-0.4, -0.2) is 41.0 Å². The summed E-state index contributed by atoms with van der Waals surface area (Å²) in [6, 6.07) is 10.4. The van der Waals surface area contributed by atoms with Gasteiger partial charge in [-0.25, -0.2) is 4.79 Å². The highest BCUT2D eigenvalue weighted by molar-refractivity contribution is 5.75. The number of nitrogens with zero attached hydrogens (tertiary/aromatic N) is 3. The number of nitrogens with one attached hydrogen (secondary N) is 1. The SMILES string of the molecule is COCCn1nc(C)c(CNC(=O)N2CCCC2c2ccccc2)c1C. The molecule has 1 aromatic carbocycles. The largest absolute Gasteiger partial charge is 0.383 e. The topological polar surface area (TPSA) is 59.4 Å². The highest BCUT2D eigenvalue weighted by Crippen LogP contribution is 2.31.